The molecule has 0 saturated carbocycles. The lowest BCUT2D eigenvalue weighted by Gasteiger charge is -2.24. The molecule has 1 rings (SSSR count). The van der Waals surface area contributed by atoms with Crippen molar-refractivity contribution < 1.29 is 10.2 Å². The van der Waals surface area contributed by atoms with Crippen molar-refractivity contribution in [1.82, 2.24) is 10.2 Å². The highest BCUT2D eigenvalue weighted by atomic mass is 16.3. The Morgan fingerprint density at radius 1 is 1.25 bits per heavy atom. The van der Waals surface area contributed by atoms with E-state index in [2.05, 4.69) is 24.1 Å². The maximum absolute atomic E-state index is 9.85. The second-order valence-electron chi connectivity index (χ2n) is 5.10. The van der Waals surface area contributed by atoms with Crippen molar-refractivity contribution in [1.29, 1.82) is 0 Å². The quantitative estimate of drug-likeness (QED) is 0.578. The fraction of sp³-hybridized carbons (Fsp3) is 1.00. The molecule has 0 aromatic heterocycles. The third-order valence-corrected chi connectivity index (χ3v) is 3.28. The molecule has 0 aliphatic carbocycles. The predicted molar refractivity (Wildman–Crippen MR) is 65.4 cm³/mol. The van der Waals surface area contributed by atoms with E-state index in [4.69, 9.17) is 5.11 Å². The van der Waals surface area contributed by atoms with Crippen LogP contribution in [0.15, 0.2) is 0 Å². The summed E-state index contributed by atoms with van der Waals surface area (Å²) in [6.45, 7) is 7.83. The maximum atomic E-state index is 9.85. The van der Waals surface area contributed by atoms with Crippen molar-refractivity contribution in [2.75, 3.05) is 32.8 Å². The second-order valence-corrected chi connectivity index (χ2v) is 5.10. The Bertz CT molecular complexity index is 182. The van der Waals surface area contributed by atoms with Gasteiger partial charge in [0.15, 0.2) is 0 Å². The SMILES string of the molecule is CC(C)C(CO)NCC(O)CN1CCCC1. The van der Waals surface area contributed by atoms with Crippen molar-refractivity contribution in [3.8, 4) is 0 Å². The minimum absolute atomic E-state index is 0.0910. The van der Waals surface area contributed by atoms with Gasteiger partial charge in [0.2, 0.25) is 0 Å². The van der Waals surface area contributed by atoms with Crippen LogP contribution in [0.3, 0.4) is 0 Å². The number of hydrogen-bond acceptors (Lipinski definition) is 4. The van der Waals surface area contributed by atoms with Gasteiger partial charge in [-0.1, -0.05) is 13.8 Å². The maximum Gasteiger partial charge on any atom is 0.0791 e. The summed E-state index contributed by atoms with van der Waals surface area (Å²) in [5.74, 6) is 0.393. The van der Waals surface area contributed by atoms with Gasteiger partial charge < -0.3 is 20.4 Å². The predicted octanol–water partition coefficient (Wildman–Crippen LogP) is 0.0496. The van der Waals surface area contributed by atoms with Crippen LogP contribution < -0.4 is 5.32 Å². The van der Waals surface area contributed by atoms with Gasteiger partial charge in [0.25, 0.3) is 0 Å². The molecule has 0 spiro atoms. The largest absolute Gasteiger partial charge is 0.395 e. The zero-order chi connectivity index (χ0) is 12.0. The summed E-state index contributed by atoms with van der Waals surface area (Å²) in [5.41, 5.74) is 0. The zero-order valence-electron chi connectivity index (χ0n) is 10.5. The van der Waals surface area contributed by atoms with Crippen molar-refractivity contribution in [2.24, 2.45) is 5.92 Å². The molecule has 1 aliphatic rings. The van der Waals surface area contributed by atoms with Crippen LogP contribution in [0.1, 0.15) is 26.7 Å². The molecule has 1 aliphatic heterocycles. The van der Waals surface area contributed by atoms with E-state index in [0.29, 0.717) is 12.5 Å². The summed E-state index contributed by atoms with van der Waals surface area (Å²) in [5, 5.41) is 22.2. The molecule has 1 heterocycles. The Kier molecular flexibility index (Phi) is 6.28. The smallest absolute Gasteiger partial charge is 0.0791 e. The third kappa shape index (κ3) is 4.78. The summed E-state index contributed by atoms with van der Waals surface area (Å²) in [7, 11) is 0. The molecule has 0 radical (unpaired) electrons. The zero-order valence-corrected chi connectivity index (χ0v) is 10.5. The van der Waals surface area contributed by atoms with E-state index in [1.165, 1.54) is 12.8 Å². The van der Waals surface area contributed by atoms with Crippen LogP contribution in [0, 0.1) is 5.92 Å². The molecule has 1 saturated heterocycles. The van der Waals surface area contributed by atoms with Crippen LogP contribution in [0.4, 0.5) is 0 Å². The van der Waals surface area contributed by atoms with Gasteiger partial charge in [0.1, 0.15) is 0 Å². The van der Waals surface area contributed by atoms with Gasteiger partial charge in [-0.25, -0.2) is 0 Å². The topological polar surface area (TPSA) is 55.7 Å². The summed E-state index contributed by atoms with van der Waals surface area (Å²) >= 11 is 0. The van der Waals surface area contributed by atoms with Gasteiger partial charge in [-0.15, -0.1) is 0 Å². The first-order valence-electron chi connectivity index (χ1n) is 6.38. The van der Waals surface area contributed by atoms with Gasteiger partial charge in [0, 0.05) is 19.1 Å². The first kappa shape index (κ1) is 13.9. The molecule has 0 aromatic carbocycles. The number of aliphatic hydroxyl groups is 2. The summed E-state index contributed by atoms with van der Waals surface area (Å²) in [4.78, 5) is 2.30. The lowest BCUT2D eigenvalue weighted by molar-refractivity contribution is 0.111. The van der Waals surface area contributed by atoms with Crippen molar-refractivity contribution in [2.45, 2.75) is 38.8 Å². The van der Waals surface area contributed by atoms with Crippen LogP contribution in [0.2, 0.25) is 0 Å². The number of likely N-dealkylation sites (tertiary alicyclic amines) is 1. The lowest BCUT2D eigenvalue weighted by Crippen LogP contribution is -2.44. The Hall–Kier alpha value is -0.160. The van der Waals surface area contributed by atoms with Gasteiger partial charge in [0.05, 0.1) is 12.7 Å². The van der Waals surface area contributed by atoms with Gasteiger partial charge in [-0.05, 0) is 31.8 Å². The normalized spacial score (nSPS) is 21.6. The van der Waals surface area contributed by atoms with E-state index in [0.717, 1.165) is 19.6 Å². The van der Waals surface area contributed by atoms with E-state index in [1.54, 1.807) is 0 Å². The minimum Gasteiger partial charge on any atom is -0.395 e. The van der Waals surface area contributed by atoms with Crippen LogP contribution in [0.5, 0.6) is 0 Å². The standard InChI is InChI=1S/C12H26N2O2/c1-10(2)12(9-15)13-7-11(16)8-14-5-3-4-6-14/h10-13,15-16H,3-9H2,1-2H3. The molecule has 0 aromatic rings. The van der Waals surface area contributed by atoms with Gasteiger partial charge in [-0.3, -0.25) is 0 Å². The molecular formula is C12H26N2O2. The van der Waals surface area contributed by atoms with E-state index in [1.807, 2.05) is 0 Å². The molecule has 16 heavy (non-hydrogen) atoms. The van der Waals surface area contributed by atoms with Crippen molar-refractivity contribution >= 4 is 0 Å². The highest BCUT2D eigenvalue weighted by Crippen LogP contribution is 2.07. The molecule has 0 amide bonds. The number of nitrogens with one attached hydrogen (secondary N) is 1. The molecule has 96 valence electrons. The Morgan fingerprint density at radius 3 is 2.38 bits per heavy atom. The third-order valence-electron chi connectivity index (χ3n) is 3.28. The number of hydrogen-bond donors (Lipinski definition) is 3. The Labute approximate surface area is 98.6 Å². The van der Waals surface area contributed by atoms with E-state index < -0.39 is 0 Å². The monoisotopic (exact) mass is 230 g/mol. The number of rotatable bonds is 7. The van der Waals surface area contributed by atoms with Gasteiger partial charge >= 0.3 is 0 Å². The van der Waals surface area contributed by atoms with Crippen LogP contribution >= 0.6 is 0 Å². The van der Waals surface area contributed by atoms with E-state index in [-0.39, 0.29) is 18.8 Å². The summed E-state index contributed by atoms with van der Waals surface area (Å²) < 4.78 is 0. The molecule has 0 bridgehead atoms. The lowest BCUT2D eigenvalue weighted by atomic mass is 10.1. The van der Waals surface area contributed by atoms with Crippen LogP contribution in [-0.4, -0.2) is 60.0 Å². The average Bonchev–Trinajstić information content (AvgIpc) is 2.70. The summed E-state index contributed by atoms with van der Waals surface area (Å²) in [6, 6.07) is 0.0910. The number of aliphatic hydroxyl groups excluding tert-OH is 2. The fourth-order valence-corrected chi connectivity index (χ4v) is 2.13. The van der Waals surface area contributed by atoms with Crippen LogP contribution in [-0.2, 0) is 0 Å². The second kappa shape index (κ2) is 7.22. The molecule has 4 nitrogen and oxygen atoms in total. The molecule has 4 heteroatoms. The average molecular weight is 230 g/mol. The number of nitrogens with zero attached hydrogens (tertiary/aromatic N) is 1. The first-order chi connectivity index (χ1) is 7.63. The van der Waals surface area contributed by atoms with Crippen molar-refractivity contribution in [3.63, 3.8) is 0 Å². The number of β-amino-alcohol motifs (C(OH)–C–C–N with tert-alkyl or cyclic N) is 1. The fourth-order valence-electron chi connectivity index (χ4n) is 2.13. The van der Waals surface area contributed by atoms with E-state index >= 15 is 0 Å². The molecular weight excluding hydrogens is 204 g/mol. The Morgan fingerprint density at radius 2 is 1.88 bits per heavy atom. The molecule has 2 atom stereocenters. The van der Waals surface area contributed by atoms with Crippen LogP contribution in [0.25, 0.3) is 0 Å². The molecule has 1 fully saturated rings. The first-order valence-corrected chi connectivity index (χ1v) is 6.38. The van der Waals surface area contributed by atoms with Gasteiger partial charge in [-0.2, -0.15) is 0 Å². The minimum atomic E-state index is -0.328. The molecule has 3 N–H and O–H groups in total. The summed E-state index contributed by atoms with van der Waals surface area (Å²) in [6.07, 6.45) is 2.18. The Balaban J connectivity index is 2.15. The van der Waals surface area contributed by atoms with Crippen molar-refractivity contribution in [3.05, 3.63) is 0 Å². The molecule has 2 unspecified atom stereocenters. The highest BCUT2D eigenvalue weighted by Gasteiger charge is 2.17. The van der Waals surface area contributed by atoms with E-state index in [9.17, 15) is 5.11 Å². The highest BCUT2D eigenvalue weighted by molar-refractivity contribution is 4.75.